The van der Waals surface area contributed by atoms with Crippen LogP contribution in [0, 0.1) is 0 Å². The summed E-state index contributed by atoms with van der Waals surface area (Å²) in [6, 6.07) is 5.86. The van der Waals surface area contributed by atoms with Gasteiger partial charge in [0.25, 0.3) is 0 Å². The molecule has 1 aliphatic heterocycles. The Labute approximate surface area is 177 Å². The van der Waals surface area contributed by atoms with Crippen LogP contribution in [0.5, 0.6) is 11.5 Å². The molecule has 0 radical (unpaired) electrons. The van der Waals surface area contributed by atoms with Crippen LogP contribution in [0.4, 0.5) is 0 Å². The summed E-state index contributed by atoms with van der Waals surface area (Å²) in [6.45, 7) is 5.91. The first-order valence-electron chi connectivity index (χ1n) is 9.21. The van der Waals surface area contributed by atoms with E-state index in [2.05, 4.69) is 26.4 Å². The zero-order chi connectivity index (χ0) is 20.2. The van der Waals surface area contributed by atoms with E-state index >= 15 is 0 Å². The van der Waals surface area contributed by atoms with E-state index in [1.54, 1.807) is 14.2 Å². The van der Waals surface area contributed by atoms with E-state index in [1.807, 2.05) is 18.2 Å². The second-order valence-corrected chi connectivity index (χ2v) is 6.97. The molecule has 1 heterocycles. The minimum atomic E-state index is 0.484. The van der Waals surface area contributed by atoms with Gasteiger partial charge in [-0.15, -0.1) is 0 Å². The Bertz CT molecular complexity index is 642. The molecule has 1 fully saturated rings. The molecule has 4 N–H and O–H groups in total. The fourth-order valence-electron chi connectivity index (χ4n) is 2.71. The molecule has 0 spiro atoms. The second kappa shape index (κ2) is 12.6. The van der Waals surface area contributed by atoms with Crippen molar-refractivity contribution in [3.63, 3.8) is 0 Å². The molecule has 8 nitrogen and oxygen atoms in total. The van der Waals surface area contributed by atoms with E-state index < -0.39 is 0 Å². The Kier molecular flexibility index (Phi) is 10.0. The molecule has 1 aliphatic rings. The predicted octanol–water partition coefficient (Wildman–Crippen LogP) is 0.422. The third-order valence-electron chi connectivity index (χ3n) is 4.25. The Morgan fingerprint density at radius 2 is 1.64 bits per heavy atom. The van der Waals surface area contributed by atoms with Gasteiger partial charge in [0.15, 0.2) is 21.7 Å². The lowest BCUT2D eigenvalue weighted by Crippen LogP contribution is -2.51. The normalized spacial score (nSPS) is 14.1. The molecule has 0 saturated carbocycles. The zero-order valence-corrected chi connectivity index (χ0v) is 18.0. The number of ether oxygens (including phenoxy) is 3. The zero-order valence-electron chi connectivity index (χ0n) is 16.4. The van der Waals surface area contributed by atoms with Crippen LogP contribution in [-0.4, -0.2) is 75.3 Å². The molecule has 156 valence electrons. The largest absolute Gasteiger partial charge is 0.493 e. The number of benzene rings is 1. The first-order chi connectivity index (χ1) is 13.6. The lowest BCUT2D eigenvalue weighted by molar-refractivity contribution is 0.0389. The van der Waals surface area contributed by atoms with Crippen molar-refractivity contribution in [2.45, 2.75) is 6.42 Å². The number of nitrogens with zero attached hydrogens (tertiary/aromatic N) is 1. The molecule has 1 aromatic rings. The van der Waals surface area contributed by atoms with Crippen LogP contribution >= 0.6 is 24.4 Å². The van der Waals surface area contributed by atoms with Crippen LogP contribution in [0.25, 0.3) is 0 Å². The average Bonchev–Trinajstić information content (AvgIpc) is 2.73. The molecule has 10 heteroatoms. The number of hydrazine groups is 1. The molecular formula is C18H29N5O3S2. The van der Waals surface area contributed by atoms with Crippen molar-refractivity contribution in [3.8, 4) is 11.5 Å². The van der Waals surface area contributed by atoms with Gasteiger partial charge in [0.1, 0.15) is 0 Å². The van der Waals surface area contributed by atoms with Crippen molar-refractivity contribution in [2.24, 2.45) is 0 Å². The van der Waals surface area contributed by atoms with E-state index in [9.17, 15) is 0 Å². The lowest BCUT2D eigenvalue weighted by atomic mass is 10.1. The number of hydrogen-bond acceptors (Lipinski definition) is 6. The maximum Gasteiger partial charge on any atom is 0.185 e. The Morgan fingerprint density at radius 3 is 2.29 bits per heavy atom. The maximum atomic E-state index is 5.33. The Hall–Kier alpha value is -1.88. The van der Waals surface area contributed by atoms with Gasteiger partial charge in [-0.25, -0.2) is 0 Å². The molecule has 0 aliphatic carbocycles. The molecule has 0 atom stereocenters. The molecule has 28 heavy (non-hydrogen) atoms. The van der Waals surface area contributed by atoms with Crippen molar-refractivity contribution in [1.29, 1.82) is 0 Å². The fourth-order valence-corrected chi connectivity index (χ4v) is 3.02. The molecule has 0 unspecified atom stereocenters. The standard InChI is InChI=1S/C18H29N5O3S2/c1-24-15-4-3-14(13-16(15)25-2)5-6-19-17(27)21-22-18(28)20-7-8-23-9-11-26-12-10-23/h3-4,13H,5-12H2,1-2H3,(H2,19,21,27)(H2,20,22,28). The molecule has 1 saturated heterocycles. The van der Waals surface area contributed by atoms with E-state index in [-0.39, 0.29) is 0 Å². The predicted molar refractivity (Wildman–Crippen MR) is 118 cm³/mol. The van der Waals surface area contributed by atoms with Gasteiger partial charge in [-0.3, -0.25) is 15.8 Å². The van der Waals surface area contributed by atoms with E-state index in [1.165, 1.54) is 0 Å². The van der Waals surface area contributed by atoms with Crippen LogP contribution in [0.15, 0.2) is 18.2 Å². The minimum Gasteiger partial charge on any atom is -0.493 e. The van der Waals surface area contributed by atoms with Crippen LogP contribution in [0.2, 0.25) is 0 Å². The third kappa shape index (κ3) is 8.01. The van der Waals surface area contributed by atoms with Crippen LogP contribution < -0.4 is 31.0 Å². The highest BCUT2D eigenvalue weighted by Crippen LogP contribution is 2.27. The SMILES string of the molecule is COc1ccc(CCNC(=S)NNC(=S)NCCN2CCOCC2)cc1OC. The van der Waals surface area contributed by atoms with Gasteiger partial charge in [0.05, 0.1) is 27.4 Å². The minimum absolute atomic E-state index is 0.484. The highest BCUT2D eigenvalue weighted by atomic mass is 32.1. The third-order valence-corrected chi connectivity index (χ3v) is 4.75. The Morgan fingerprint density at radius 1 is 1.00 bits per heavy atom. The number of morpholine rings is 1. The summed E-state index contributed by atoms with van der Waals surface area (Å²) in [4.78, 5) is 2.34. The topological polar surface area (TPSA) is 79.1 Å². The highest BCUT2D eigenvalue weighted by Gasteiger charge is 2.09. The number of hydrogen-bond donors (Lipinski definition) is 4. The van der Waals surface area contributed by atoms with Gasteiger partial charge in [0, 0.05) is 32.7 Å². The number of nitrogens with one attached hydrogen (secondary N) is 4. The van der Waals surface area contributed by atoms with Crippen molar-refractivity contribution in [3.05, 3.63) is 23.8 Å². The van der Waals surface area contributed by atoms with Crippen molar-refractivity contribution >= 4 is 34.7 Å². The van der Waals surface area contributed by atoms with Gasteiger partial charge in [-0.2, -0.15) is 0 Å². The van der Waals surface area contributed by atoms with E-state index in [0.717, 1.165) is 62.9 Å². The van der Waals surface area contributed by atoms with Gasteiger partial charge < -0.3 is 24.8 Å². The molecular weight excluding hydrogens is 398 g/mol. The van der Waals surface area contributed by atoms with Gasteiger partial charge in [-0.05, 0) is 48.6 Å². The van der Waals surface area contributed by atoms with Gasteiger partial charge in [0.2, 0.25) is 0 Å². The van der Waals surface area contributed by atoms with Crippen molar-refractivity contribution in [2.75, 3.05) is 60.2 Å². The summed E-state index contributed by atoms with van der Waals surface area (Å²) >= 11 is 10.5. The average molecular weight is 428 g/mol. The summed E-state index contributed by atoms with van der Waals surface area (Å²) < 4.78 is 15.9. The molecule has 1 aromatic carbocycles. The maximum absolute atomic E-state index is 5.33. The van der Waals surface area contributed by atoms with Crippen molar-refractivity contribution in [1.82, 2.24) is 26.4 Å². The fraction of sp³-hybridized carbons (Fsp3) is 0.556. The monoisotopic (exact) mass is 427 g/mol. The van der Waals surface area contributed by atoms with Gasteiger partial charge >= 0.3 is 0 Å². The summed E-state index contributed by atoms with van der Waals surface area (Å²) in [5.74, 6) is 1.44. The molecule has 0 bridgehead atoms. The van der Waals surface area contributed by atoms with Gasteiger partial charge in [-0.1, -0.05) is 6.07 Å². The summed E-state index contributed by atoms with van der Waals surface area (Å²) in [5.41, 5.74) is 6.90. The smallest absolute Gasteiger partial charge is 0.185 e. The number of thiocarbonyl (C=S) groups is 2. The van der Waals surface area contributed by atoms with E-state index in [0.29, 0.717) is 16.8 Å². The summed E-state index contributed by atoms with van der Waals surface area (Å²) in [6.07, 6.45) is 0.796. The summed E-state index contributed by atoms with van der Waals surface area (Å²) in [7, 11) is 3.25. The quantitative estimate of drug-likeness (QED) is 0.346. The Balaban J connectivity index is 1.57. The molecule has 0 amide bonds. The van der Waals surface area contributed by atoms with Crippen molar-refractivity contribution < 1.29 is 14.2 Å². The molecule has 0 aromatic heterocycles. The van der Waals surface area contributed by atoms with Crippen LogP contribution in [0.3, 0.4) is 0 Å². The second-order valence-electron chi connectivity index (χ2n) is 6.16. The van der Waals surface area contributed by atoms with Crippen LogP contribution in [-0.2, 0) is 11.2 Å². The first kappa shape index (κ1) is 22.4. The molecule has 2 rings (SSSR count). The lowest BCUT2D eigenvalue weighted by Gasteiger charge is -2.26. The van der Waals surface area contributed by atoms with Crippen LogP contribution in [0.1, 0.15) is 5.56 Å². The highest BCUT2D eigenvalue weighted by molar-refractivity contribution is 7.80. The van der Waals surface area contributed by atoms with E-state index in [4.69, 9.17) is 38.6 Å². The number of methoxy groups -OCH3 is 2. The number of rotatable bonds is 8. The first-order valence-corrected chi connectivity index (χ1v) is 10.0. The summed E-state index contributed by atoms with van der Waals surface area (Å²) in [5, 5.41) is 7.28.